The summed E-state index contributed by atoms with van der Waals surface area (Å²) in [4.78, 5) is 26.1. The molecule has 0 bridgehead atoms. The van der Waals surface area contributed by atoms with E-state index < -0.39 is 28.0 Å². The van der Waals surface area contributed by atoms with Crippen molar-refractivity contribution in [2.75, 3.05) is 19.3 Å². The van der Waals surface area contributed by atoms with Crippen LogP contribution in [0.4, 0.5) is 0 Å². The van der Waals surface area contributed by atoms with Crippen LogP contribution in [0, 0.1) is 11.8 Å². The van der Waals surface area contributed by atoms with E-state index in [1.165, 1.54) is 16.7 Å². The second-order valence-electron chi connectivity index (χ2n) is 7.47. The van der Waals surface area contributed by atoms with Gasteiger partial charge < -0.3 is 20.4 Å². The number of hydrogen-bond donors (Lipinski definition) is 4. The maximum absolute atomic E-state index is 12.3. The number of β-lactam (4-membered cyclic amide) rings is 1. The predicted octanol–water partition coefficient (Wildman–Crippen LogP) is -0.847. The molecule has 11 heteroatoms. The Labute approximate surface area is 162 Å². The van der Waals surface area contributed by atoms with Gasteiger partial charge in [0, 0.05) is 35.2 Å². The Morgan fingerprint density at radius 2 is 2.15 bits per heavy atom. The highest BCUT2D eigenvalue weighted by atomic mass is 32.2. The summed E-state index contributed by atoms with van der Waals surface area (Å²) in [6.45, 7) is 4.36. The van der Waals surface area contributed by atoms with Crippen LogP contribution in [0.25, 0.3) is 0 Å². The number of carbonyl (C=O) groups is 2. The topological polar surface area (TPSA) is 136 Å². The maximum Gasteiger partial charge on any atom is 0.353 e. The van der Waals surface area contributed by atoms with Crippen molar-refractivity contribution in [1.82, 2.24) is 14.9 Å². The normalized spacial score (nSPS) is 34.6. The first kappa shape index (κ1) is 20.6. The lowest BCUT2D eigenvalue weighted by atomic mass is 9.79. The number of sulfonamides is 1. The summed E-state index contributed by atoms with van der Waals surface area (Å²) in [6, 6.07) is -0.338. The summed E-state index contributed by atoms with van der Waals surface area (Å²) in [5.41, 5.74) is 0.0251. The number of aliphatic hydroxyl groups excluding tert-OH is 1. The van der Waals surface area contributed by atoms with Gasteiger partial charge in [-0.1, -0.05) is 6.92 Å². The molecule has 3 heterocycles. The first-order chi connectivity index (χ1) is 12.5. The summed E-state index contributed by atoms with van der Waals surface area (Å²) >= 11 is 1.44. The number of aliphatic carboxylic acids is 1. The number of rotatable bonds is 7. The molecule has 0 spiro atoms. The lowest BCUT2D eigenvalue weighted by Crippen LogP contribution is -2.63. The van der Waals surface area contributed by atoms with Gasteiger partial charge >= 0.3 is 5.97 Å². The first-order valence-electron chi connectivity index (χ1n) is 8.84. The van der Waals surface area contributed by atoms with Crippen LogP contribution < -0.4 is 10.0 Å². The summed E-state index contributed by atoms with van der Waals surface area (Å²) in [7, 11) is -3.26. The molecule has 1 amide bonds. The maximum atomic E-state index is 12.3. The van der Waals surface area contributed by atoms with E-state index in [1.54, 1.807) is 6.92 Å². The van der Waals surface area contributed by atoms with Crippen LogP contribution >= 0.6 is 11.8 Å². The van der Waals surface area contributed by atoms with Crippen LogP contribution in [0.5, 0.6) is 0 Å². The largest absolute Gasteiger partial charge is 0.477 e. The molecule has 0 aliphatic carbocycles. The predicted molar refractivity (Wildman–Crippen MR) is 100 cm³/mol. The fourth-order valence-electron chi connectivity index (χ4n) is 4.14. The molecule has 0 aromatic heterocycles. The molecule has 9 nitrogen and oxygen atoms in total. The van der Waals surface area contributed by atoms with Crippen LogP contribution in [0.3, 0.4) is 0 Å². The summed E-state index contributed by atoms with van der Waals surface area (Å²) < 4.78 is 24.9. The number of carboxylic acids is 1. The Morgan fingerprint density at radius 3 is 2.70 bits per heavy atom. The van der Waals surface area contributed by atoms with Crippen LogP contribution in [-0.4, -0.2) is 78.2 Å². The lowest BCUT2D eigenvalue weighted by Gasteiger charge is -2.46. The molecule has 6 atom stereocenters. The average molecular weight is 420 g/mol. The third kappa shape index (κ3) is 3.88. The van der Waals surface area contributed by atoms with Gasteiger partial charge in [-0.3, -0.25) is 4.79 Å². The lowest BCUT2D eigenvalue weighted by molar-refractivity contribution is -0.163. The molecular weight excluding hydrogens is 394 g/mol. The molecule has 0 aromatic rings. The van der Waals surface area contributed by atoms with Crippen molar-refractivity contribution in [1.29, 1.82) is 0 Å². The van der Waals surface area contributed by atoms with Gasteiger partial charge in [-0.2, -0.15) is 0 Å². The zero-order valence-corrected chi connectivity index (χ0v) is 17.0. The summed E-state index contributed by atoms with van der Waals surface area (Å²) in [6.07, 6.45) is 0.979. The molecule has 0 saturated carbocycles. The minimum Gasteiger partial charge on any atom is -0.477 e. The molecule has 3 aliphatic heterocycles. The van der Waals surface area contributed by atoms with Crippen molar-refractivity contribution in [2.24, 2.45) is 11.8 Å². The van der Waals surface area contributed by atoms with Crippen molar-refractivity contribution in [3.63, 3.8) is 0 Å². The highest BCUT2D eigenvalue weighted by Gasteiger charge is 2.60. The Morgan fingerprint density at radius 1 is 1.48 bits per heavy atom. The SMILES string of the molecule is C[C@H]1C(S[C@@H]2CN[C@H](CNS(C)(=O)=O)C2)=C(C(=O)O)N2C(=O)[C@H]([C@@H](C)O)C12. The van der Waals surface area contributed by atoms with E-state index in [1.807, 2.05) is 6.92 Å². The first-order valence-corrected chi connectivity index (χ1v) is 11.6. The minimum absolute atomic E-state index is 0.0216. The van der Waals surface area contributed by atoms with E-state index in [4.69, 9.17) is 0 Å². The standard InChI is InChI=1S/C16H25N3O6S2/c1-7-12-11(8(2)20)15(21)19(12)13(16(22)23)14(7)26-10-4-9(17-6-10)5-18-27(3,24)25/h7-12,17-18,20H,4-6H2,1-3H3,(H,22,23)/t7-,8-,9+,10+,11-,12?/m1/s1. The van der Waals surface area contributed by atoms with Gasteiger partial charge in [0.25, 0.3) is 0 Å². The number of fused-ring (bicyclic) bond motifs is 1. The number of thioether (sulfide) groups is 1. The number of carbonyl (C=O) groups excluding carboxylic acids is 1. The third-order valence-electron chi connectivity index (χ3n) is 5.38. The smallest absolute Gasteiger partial charge is 0.353 e. The van der Waals surface area contributed by atoms with E-state index in [-0.39, 0.29) is 41.4 Å². The van der Waals surface area contributed by atoms with E-state index in [9.17, 15) is 28.2 Å². The highest BCUT2D eigenvalue weighted by molar-refractivity contribution is 8.03. The molecule has 2 saturated heterocycles. The summed E-state index contributed by atoms with van der Waals surface area (Å²) in [5, 5.41) is 22.9. The van der Waals surface area contributed by atoms with Crippen LogP contribution in [0.15, 0.2) is 10.6 Å². The van der Waals surface area contributed by atoms with E-state index >= 15 is 0 Å². The van der Waals surface area contributed by atoms with Crippen molar-refractivity contribution in [2.45, 2.75) is 43.7 Å². The number of carboxylic acid groups (broad SMARTS) is 1. The zero-order chi connectivity index (χ0) is 20.1. The molecule has 0 radical (unpaired) electrons. The number of amides is 1. The fraction of sp³-hybridized carbons (Fsp3) is 0.750. The quantitative estimate of drug-likeness (QED) is 0.392. The van der Waals surface area contributed by atoms with E-state index in [0.29, 0.717) is 17.9 Å². The van der Waals surface area contributed by atoms with Gasteiger partial charge in [0.15, 0.2) is 0 Å². The monoisotopic (exact) mass is 419 g/mol. The fourth-order valence-corrected chi connectivity index (χ4v) is 6.16. The number of hydrogen-bond acceptors (Lipinski definition) is 7. The van der Waals surface area contributed by atoms with Crippen LogP contribution in [0.1, 0.15) is 20.3 Å². The average Bonchev–Trinajstić information content (AvgIpc) is 3.07. The third-order valence-corrected chi connectivity index (χ3v) is 7.58. The second-order valence-corrected chi connectivity index (χ2v) is 10.6. The molecule has 3 rings (SSSR count). The highest BCUT2D eigenvalue weighted by Crippen LogP contribution is 2.51. The molecule has 4 N–H and O–H groups in total. The molecule has 0 aromatic carbocycles. The van der Waals surface area contributed by atoms with Gasteiger partial charge in [-0.25, -0.2) is 17.9 Å². The van der Waals surface area contributed by atoms with Crippen molar-refractivity contribution < 1.29 is 28.2 Å². The van der Waals surface area contributed by atoms with Crippen molar-refractivity contribution >= 4 is 33.7 Å². The molecular formula is C16H25N3O6S2. The summed E-state index contributed by atoms with van der Waals surface area (Å²) in [5.74, 6) is -2.20. The molecule has 1 unspecified atom stereocenters. The molecule has 3 aliphatic rings. The van der Waals surface area contributed by atoms with Gasteiger partial charge in [0.1, 0.15) is 5.70 Å². The van der Waals surface area contributed by atoms with Crippen LogP contribution in [0.2, 0.25) is 0 Å². The van der Waals surface area contributed by atoms with Crippen LogP contribution in [-0.2, 0) is 19.6 Å². The van der Waals surface area contributed by atoms with Gasteiger partial charge in [-0.05, 0) is 13.3 Å². The number of nitrogens with zero attached hydrogens (tertiary/aromatic N) is 1. The van der Waals surface area contributed by atoms with Gasteiger partial charge in [-0.15, -0.1) is 11.8 Å². The molecule has 2 fully saturated rings. The molecule has 152 valence electrons. The zero-order valence-electron chi connectivity index (χ0n) is 15.4. The van der Waals surface area contributed by atoms with Gasteiger partial charge in [0.05, 0.1) is 24.3 Å². The second kappa shape index (κ2) is 7.36. The van der Waals surface area contributed by atoms with Crippen molar-refractivity contribution in [3.8, 4) is 0 Å². The number of aliphatic hydroxyl groups is 1. The van der Waals surface area contributed by atoms with E-state index in [2.05, 4.69) is 10.0 Å². The minimum atomic E-state index is -3.26. The molecule has 27 heavy (non-hydrogen) atoms. The Bertz CT molecular complexity index is 781. The Hall–Kier alpha value is -1.14. The number of nitrogens with one attached hydrogen (secondary N) is 2. The van der Waals surface area contributed by atoms with Crippen molar-refractivity contribution in [3.05, 3.63) is 10.6 Å². The Balaban J connectivity index is 1.71. The van der Waals surface area contributed by atoms with E-state index in [0.717, 1.165) is 6.26 Å². The van der Waals surface area contributed by atoms with Gasteiger partial charge in [0.2, 0.25) is 15.9 Å². The Kier molecular flexibility index (Phi) is 5.61.